The summed E-state index contributed by atoms with van der Waals surface area (Å²) in [5.74, 6) is 1.37. The summed E-state index contributed by atoms with van der Waals surface area (Å²) < 4.78 is 6.04. The van der Waals surface area contributed by atoms with Crippen molar-refractivity contribution in [2.45, 2.75) is 6.42 Å². The van der Waals surface area contributed by atoms with Crippen LogP contribution in [0.1, 0.15) is 6.42 Å². The maximum absolute atomic E-state index is 5.00. The smallest absolute Gasteiger partial charge is 0.229 e. The van der Waals surface area contributed by atoms with Crippen LogP contribution in [0.3, 0.4) is 0 Å². The van der Waals surface area contributed by atoms with Crippen LogP contribution in [0.5, 0.6) is 0 Å². The van der Waals surface area contributed by atoms with E-state index >= 15 is 0 Å². The van der Waals surface area contributed by atoms with E-state index in [1.807, 2.05) is 30.3 Å². The summed E-state index contributed by atoms with van der Waals surface area (Å²) in [7, 11) is 1.70. The summed E-state index contributed by atoms with van der Waals surface area (Å²) in [6.07, 6.45) is 2.67. The molecular weight excluding hydrogens is 320 g/mol. The molecule has 0 aliphatic heterocycles. The average Bonchev–Trinajstić information content (AvgIpc) is 2.47. The van der Waals surface area contributed by atoms with Crippen molar-refractivity contribution >= 4 is 33.4 Å². The molecule has 1 heterocycles. The molecule has 106 valence electrons. The van der Waals surface area contributed by atoms with E-state index in [0.29, 0.717) is 5.95 Å². The van der Waals surface area contributed by atoms with Crippen LogP contribution in [0.15, 0.2) is 41.0 Å². The highest BCUT2D eigenvalue weighted by atomic mass is 79.9. The Bertz CT molecular complexity index is 533. The highest BCUT2D eigenvalue weighted by molar-refractivity contribution is 9.10. The van der Waals surface area contributed by atoms with Crippen LogP contribution in [-0.2, 0) is 4.74 Å². The van der Waals surface area contributed by atoms with Crippen molar-refractivity contribution in [3.05, 3.63) is 41.0 Å². The Morgan fingerprint density at radius 3 is 2.75 bits per heavy atom. The third-order valence-corrected chi connectivity index (χ3v) is 3.12. The Morgan fingerprint density at radius 1 is 1.20 bits per heavy atom. The standard InChI is InChI=1S/C14H17BrN4O/c1-20-10-2-8-16-13-7-9-17-14(19-13)18-12-5-3-11(15)4-6-12/h3-7,9H,2,8,10H2,1H3,(H2,16,17,18,19). The Kier molecular flexibility index (Phi) is 5.76. The molecule has 1 aromatic carbocycles. The Hall–Kier alpha value is -1.66. The number of nitrogens with one attached hydrogen (secondary N) is 2. The molecule has 0 spiro atoms. The fourth-order valence-corrected chi connectivity index (χ4v) is 1.88. The first-order valence-corrected chi connectivity index (χ1v) is 7.15. The largest absolute Gasteiger partial charge is 0.385 e. The molecule has 5 nitrogen and oxygen atoms in total. The number of halogens is 1. The van der Waals surface area contributed by atoms with E-state index in [0.717, 1.165) is 35.6 Å². The van der Waals surface area contributed by atoms with Gasteiger partial charge in [-0.1, -0.05) is 15.9 Å². The van der Waals surface area contributed by atoms with Gasteiger partial charge in [-0.2, -0.15) is 4.98 Å². The molecule has 0 saturated carbocycles. The van der Waals surface area contributed by atoms with Crippen molar-refractivity contribution in [2.24, 2.45) is 0 Å². The molecule has 6 heteroatoms. The number of methoxy groups -OCH3 is 1. The van der Waals surface area contributed by atoms with Crippen molar-refractivity contribution in [3.63, 3.8) is 0 Å². The van der Waals surface area contributed by atoms with Gasteiger partial charge in [0.2, 0.25) is 5.95 Å². The maximum Gasteiger partial charge on any atom is 0.229 e. The summed E-state index contributed by atoms with van der Waals surface area (Å²) in [5, 5.41) is 6.40. The summed E-state index contributed by atoms with van der Waals surface area (Å²) in [4.78, 5) is 8.61. The first kappa shape index (κ1) is 14.7. The molecule has 0 atom stereocenters. The zero-order chi connectivity index (χ0) is 14.2. The minimum atomic E-state index is 0.573. The second-order valence-electron chi connectivity index (χ2n) is 4.17. The molecule has 0 aliphatic carbocycles. The number of aromatic nitrogens is 2. The van der Waals surface area contributed by atoms with Gasteiger partial charge in [0.15, 0.2) is 0 Å². The molecule has 0 radical (unpaired) electrons. The zero-order valence-electron chi connectivity index (χ0n) is 11.3. The third-order valence-electron chi connectivity index (χ3n) is 2.59. The number of benzene rings is 1. The van der Waals surface area contributed by atoms with Gasteiger partial charge in [-0.15, -0.1) is 0 Å². The summed E-state index contributed by atoms with van der Waals surface area (Å²) >= 11 is 3.40. The van der Waals surface area contributed by atoms with Gasteiger partial charge in [0, 0.05) is 36.6 Å². The highest BCUT2D eigenvalue weighted by Crippen LogP contribution is 2.17. The Labute approximate surface area is 126 Å². The number of hydrogen-bond donors (Lipinski definition) is 2. The molecular formula is C14H17BrN4O. The van der Waals surface area contributed by atoms with Gasteiger partial charge in [0.1, 0.15) is 5.82 Å². The second-order valence-corrected chi connectivity index (χ2v) is 5.09. The topological polar surface area (TPSA) is 59.1 Å². The molecule has 0 amide bonds. The summed E-state index contributed by atoms with van der Waals surface area (Å²) in [6.45, 7) is 1.56. The number of ether oxygens (including phenoxy) is 1. The van der Waals surface area contributed by atoms with Gasteiger partial charge in [-0.3, -0.25) is 0 Å². The third kappa shape index (κ3) is 4.79. The molecule has 2 N–H and O–H groups in total. The molecule has 1 aromatic heterocycles. The first-order valence-electron chi connectivity index (χ1n) is 6.36. The van der Waals surface area contributed by atoms with Crippen LogP contribution in [0, 0.1) is 0 Å². The predicted octanol–water partition coefficient (Wildman–Crippen LogP) is 3.43. The normalized spacial score (nSPS) is 10.3. The van der Waals surface area contributed by atoms with Crippen molar-refractivity contribution in [2.75, 3.05) is 30.9 Å². The van der Waals surface area contributed by atoms with Gasteiger partial charge in [0.05, 0.1) is 0 Å². The van der Waals surface area contributed by atoms with Gasteiger partial charge in [-0.05, 0) is 36.8 Å². The van der Waals surface area contributed by atoms with E-state index in [4.69, 9.17) is 4.74 Å². The molecule has 20 heavy (non-hydrogen) atoms. The monoisotopic (exact) mass is 336 g/mol. The van der Waals surface area contributed by atoms with Crippen molar-refractivity contribution < 1.29 is 4.74 Å². The molecule has 2 rings (SSSR count). The number of anilines is 3. The van der Waals surface area contributed by atoms with E-state index in [2.05, 4.69) is 36.5 Å². The highest BCUT2D eigenvalue weighted by Gasteiger charge is 2.00. The molecule has 0 saturated heterocycles. The van der Waals surface area contributed by atoms with Crippen molar-refractivity contribution in [3.8, 4) is 0 Å². The summed E-state index contributed by atoms with van der Waals surface area (Å²) in [6, 6.07) is 9.71. The molecule has 0 bridgehead atoms. The van der Waals surface area contributed by atoms with Crippen LogP contribution in [0.25, 0.3) is 0 Å². The minimum absolute atomic E-state index is 0.573. The van der Waals surface area contributed by atoms with Crippen molar-refractivity contribution in [1.82, 2.24) is 9.97 Å². The van der Waals surface area contributed by atoms with E-state index < -0.39 is 0 Å². The lowest BCUT2D eigenvalue weighted by atomic mass is 10.3. The lowest BCUT2D eigenvalue weighted by Gasteiger charge is -2.08. The maximum atomic E-state index is 5.00. The lowest BCUT2D eigenvalue weighted by molar-refractivity contribution is 0.198. The van der Waals surface area contributed by atoms with Crippen molar-refractivity contribution in [1.29, 1.82) is 0 Å². The Morgan fingerprint density at radius 2 is 2.00 bits per heavy atom. The molecule has 0 fully saturated rings. The first-order chi connectivity index (χ1) is 9.78. The van der Waals surface area contributed by atoms with E-state index in [1.165, 1.54) is 0 Å². The van der Waals surface area contributed by atoms with E-state index in [9.17, 15) is 0 Å². The van der Waals surface area contributed by atoms with E-state index in [1.54, 1.807) is 13.3 Å². The molecule has 0 aliphatic rings. The molecule has 2 aromatic rings. The summed E-state index contributed by atoms with van der Waals surface area (Å²) in [5.41, 5.74) is 0.949. The second kappa shape index (κ2) is 7.81. The van der Waals surface area contributed by atoms with Gasteiger partial charge in [-0.25, -0.2) is 4.98 Å². The van der Waals surface area contributed by atoms with Crippen LogP contribution in [0.4, 0.5) is 17.5 Å². The average molecular weight is 337 g/mol. The fraction of sp³-hybridized carbons (Fsp3) is 0.286. The SMILES string of the molecule is COCCCNc1ccnc(Nc2ccc(Br)cc2)n1. The van der Waals surface area contributed by atoms with Gasteiger partial charge >= 0.3 is 0 Å². The predicted molar refractivity (Wildman–Crippen MR) is 84.4 cm³/mol. The molecule has 0 unspecified atom stereocenters. The lowest BCUT2D eigenvalue weighted by Crippen LogP contribution is -2.07. The van der Waals surface area contributed by atoms with Crippen LogP contribution < -0.4 is 10.6 Å². The quantitative estimate of drug-likeness (QED) is 0.758. The van der Waals surface area contributed by atoms with E-state index in [-0.39, 0.29) is 0 Å². The van der Waals surface area contributed by atoms with Gasteiger partial charge in [0.25, 0.3) is 0 Å². The number of nitrogens with zero attached hydrogens (tertiary/aromatic N) is 2. The number of hydrogen-bond acceptors (Lipinski definition) is 5. The van der Waals surface area contributed by atoms with Gasteiger partial charge < -0.3 is 15.4 Å². The Balaban J connectivity index is 1.93. The van der Waals surface area contributed by atoms with Crippen LogP contribution in [0.2, 0.25) is 0 Å². The zero-order valence-corrected chi connectivity index (χ0v) is 12.9. The van der Waals surface area contributed by atoms with Crippen LogP contribution >= 0.6 is 15.9 Å². The van der Waals surface area contributed by atoms with Crippen LogP contribution in [-0.4, -0.2) is 30.2 Å². The number of rotatable bonds is 7. The minimum Gasteiger partial charge on any atom is -0.385 e. The fourth-order valence-electron chi connectivity index (χ4n) is 1.61.